The molecule has 1 saturated heterocycles. The molecule has 2 N–H and O–H groups in total. The Bertz CT molecular complexity index is 298. The fourth-order valence-electron chi connectivity index (χ4n) is 2.26. The van der Waals surface area contributed by atoms with E-state index >= 15 is 0 Å². The lowest BCUT2D eigenvalue weighted by atomic mass is 9.98. The van der Waals surface area contributed by atoms with Gasteiger partial charge in [0.25, 0.3) is 0 Å². The van der Waals surface area contributed by atoms with Crippen LogP contribution in [0.1, 0.15) is 32.1 Å². The normalized spacial score (nSPS) is 23.1. The summed E-state index contributed by atoms with van der Waals surface area (Å²) >= 11 is 1.93. The minimum absolute atomic E-state index is 0.0822. The van der Waals surface area contributed by atoms with Gasteiger partial charge < -0.3 is 10.4 Å². The monoisotopic (exact) mass is 257 g/mol. The molecule has 1 amide bonds. The smallest absolute Gasteiger partial charge is 0.326 e. The molecule has 2 rings (SSSR count). The molecule has 1 aliphatic heterocycles. The van der Waals surface area contributed by atoms with E-state index in [4.69, 9.17) is 5.11 Å². The summed E-state index contributed by atoms with van der Waals surface area (Å²) < 4.78 is 0. The van der Waals surface area contributed by atoms with Crippen molar-refractivity contribution in [3.05, 3.63) is 0 Å². The van der Waals surface area contributed by atoms with Gasteiger partial charge in [-0.1, -0.05) is 0 Å². The Labute approximate surface area is 106 Å². The number of amides is 1. The van der Waals surface area contributed by atoms with Crippen molar-refractivity contribution in [2.24, 2.45) is 11.8 Å². The van der Waals surface area contributed by atoms with Crippen LogP contribution in [0.4, 0.5) is 0 Å². The van der Waals surface area contributed by atoms with Gasteiger partial charge in [0.1, 0.15) is 6.04 Å². The van der Waals surface area contributed by atoms with E-state index in [0.717, 1.165) is 37.2 Å². The molecule has 0 aromatic carbocycles. The van der Waals surface area contributed by atoms with Gasteiger partial charge in [-0.15, -0.1) is 0 Å². The number of nitrogens with one attached hydrogen (secondary N) is 1. The number of thioether (sulfide) groups is 1. The summed E-state index contributed by atoms with van der Waals surface area (Å²) in [6, 6.07) is -0.652. The summed E-state index contributed by atoms with van der Waals surface area (Å²) in [4.78, 5) is 22.8. The summed E-state index contributed by atoms with van der Waals surface area (Å²) in [5, 5.41) is 11.7. The molecule has 0 spiro atoms. The zero-order chi connectivity index (χ0) is 12.3. The molecule has 0 aromatic rings. The lowest BCUT2D eigenvalue weighted by Gasteiger charge is -2.21. The first kappa shape index (κ1) is 12.7. The molecule has 17 heavy (non-hydrogen) atoms. The van der Waals surface area contributed by atoms with Crippen molar-refractivity contribution in [2.75, 3.05) is 11.5 Å². The van der Waals surface area contributed by atoms with E-state index < -0.39 is 12.0 Å². The van der Waals surface area contributed by atoms with Crippen molar-refractivity contribution in [1.82, 2.24) is 5.32 Å². The van der Waals surface area contributed by atoms with Crippen LogP contribution in [0.25, 0.3) is 0 Å². The molecule has 0 bridgehead atoms. The predicted molar refractivity (Wildman–Crippen MR) is 67.0 cm³/mol. The Morgan fingerprint density at radius 1 is 1.24 bits per heavy atom. The van der Waals surface area contributed by atoms with Gasteiger partial charge in [-0.2, -0.15) is 11.8 Å². The molecular weight excluding hydrogens is 238 g/mol. The molecule has 1 atom stereocenters. The van der Waals surface area contributed by atoms with Crippen LogP contribution < -0.4 is 5.32 Å². The average molecular weight is 257 g/mol. The largest absolute Gasteiger partial charge is 0.480 e. The number of carboxylic acids is 1. The molecule has 1 aliphatic carbocycles. The minimum Gasteiger partial charge on any atom is -0.480 e. The third kappa shape index (κ3) is 3.91. The van der Waals surface area contributed by atoms with E-state index in [2.05, 4.69) is 5.32 Å². The van der Waals surface area contributed by atoms with Crippen molar-refractivity contribution >= 4 is 23.6 Å². The third-order valence-electron chi connectivity index (χ3n) is 3.49. The average Bonchev–Trinajstić information content (AvgIpc) is 3.11. The number of hydrogen-bond donors (Lipinski definition) is 2. The summed E-state index contributed by atoms with van der Waals surface area (Å²) in [5.41, 5.74) is 0. The Morgan fingerprint density at radius 3 is 2.41 bits per heavy atom. The quantitative estimate of drug-likeness (QED) is 0.783. The molecule has 2 fully saturated rings. The van der Waals surface area contributed by atoms with Gasteiger partial charge in [-0.25, -0.2) is 4.79 Å². The van der Waals surface area contributed by atoms with Crippen LogP contribution in [-0.4, -0.2) is 34.5 Å². The molecule has 96 valence electrons. The van der Waals surface area contributed by atoms with Crippen LogP contribution in [0.3, 0.4) is 0 Å². The second-order valence-electron chi connectivity index (χ2n) is 4.98. The van der Waals surface area contributed by atoms with E-state index in [1.165, 1.54) is 0 Å². The van der Waals surface area contributed by atoms with E-state index in [0.29, 0.717) is 12.3 Å². The van der Waals surface area contributed by atoms with E-state index in [-0.39, 0.29) is 11.8 Å². The maximum atomic E-state index is 11.8. The van der Waals surface area contributed by atoms with Gasteiger partial charge >= 0.3 is 5.97 Å². The van der Waals surface area contributed by atoms with Crippen molar-refractivity contribution in [3.8, 4) is 0 Å². The Morgan fingerprint density at radius 2 is 1.88 bits per heavy atom. The number of carboxylic acid groups (broad SMARTS) is 1. The Hall–Kier alpha value is -0.710. The highest BCUT2D eigenvalue weighted by Gasteiger charge is 2.37. The Kier molecular flexibility index (Phi) is 4.31. The van der Waals surface area contributed by atoms with Crippen LogP contribution in [0.2, 0.25) is 0 Å². The van der Waals surface area contributed by atoms with Crippen molar-refractivity contribution in [1.29, 1.82) is 0 Å². The topological polar surface area (TPSA) is 66.4 Å². The van der Waals surface area contributed by atoms with Crippen LogP contribution in [-0.2, 0) is 9.59 Å². The highest BCUT2D eigenvalue weighted by Crippen LogP contribution is 2.33. The number of carbonyl (C=O) groups is 2. The van der Waals surface area contributed by atoms with Crippen LogP contribution in [0.5, 0.6) is 0 Å². The van der Waals surface area contributed by atoms with E-state index in [9.17, 15) is 9.59 Å². The summed E-state index contributed by atoms with van der Waals surface area (Å²) in [6.45, 7) is 0. The fourth-order valence-corrected chi connectivity index (χ4v) is 3.46. The molecule has 4 nitrogen and oxygen atoms in total. The zero-order valence-electron chi connectivity index (χ0n) is 9.85. The van der Waals surface area contributed by atoms with E-state index in [1.54, 1.807) is 0 Å². The molecule has 5 heteroatoms. The molecule has 0 aromatic heterocycles. The second-order valence-corrected chi connectivity index (χ2v) is 6.21. The standard InChI is InChI=1S/C12H19NO3S/c14-10(7-8-3-5-17-6-4-8)13-11(12(15)16)9-1-2-9/h8-9,11H,1-7H2,(H,13,14)(H,15,16). The lowest BCUT2D eigenvalue weighted by molar-refractivity contribution is -0.142. The minimum atomic E-state index is -0.889. The summed E-state index contributed by atoms with van der Waals surface area (Å²) in [5.74, 6) is 1.90. The third-order valence-corrected chi connectivity index (χ3v) is 4.54. The van der Waals surface area contributed by atoms with Crippen LogP contribution in [0, 0.1) is 11.8 Å². The Balaban J connectivity index is 1.76. The van der Waals surface area contributed by atoms with Gasteiger partial charge in [-0.3, -0.25) is 4.79 Å². The number of aliphatic carboxylic acids is 1. The first-order chi connectivity index (χ1) is 8.16. The van der Waals surface area contributed by atoms with Crippen LogP contribution >= 0.6 is 11.8 Å². The van der Waals surface area contributed by atoms with Crippen molar-refractivity contribution in [2.45, 2.75) is 38.1 Å². The molecule has 1 heterocycles. The van der Waals surface area contributed by atoms with Crippen LogP contribution in [0.15, 0.2) is 0 Å². The predicted octanol–water partition coefficient (Wildman–Crippen LogP) is 1.50. The van der Waals surface area contributed by atoms with E-state index in [1.807, 2.05) is 11.8 Å². The first-order valence-electron chi connectivity index (χ1n) is 6.26. The second kappa shape index (κ2) is 5.76. The molecular formula is C12H19NO3S. The molecule has 2 aliphatic rings. The maximum Gasteiger partial charge on any atom is 0.326 e. The number of carbonyl (C=O) groups excluding carboxylic acids is 1. The van der Waals surface area contributed by atoms with Gasteiger partial charge in [-0.05, 0) is 49.0 Å². The van der Waals surface area contributed by atoms with Crippen molar-refractivity contribution in [3.63, 3.8) is 0 Å². The highest BCUT2D eigenvalue weighted by molar-refractivity contribution is 7.99. The molecule has 0 radical (unpaired) electrons. The van der Waals surface area contributed by atoms with Crippen molar-refractivity contribution < 1.29 is 14.7 Å². The number of rotatable bonds is 5. The highest BCUT2D eigenvalue weighted by atomic mass is 32.2. The van der Waals surface area contributed by atoms with Gasteiger partial charge in [0, 0.05) is 6.42 Å². The number of hydrogen-bond acceptors (Lipinski definition) is 3. The first-order valence-corrected chi connectivity index (χ1v) is 7.42. The van der Waals surface area contributed by atoms with Gasteiger partial charge in [0.15, 0.2) is 0 Å². The van der Waals surface area contributed by atoms with Gasteiger partial charge in [0.05, 0.1) is 0 Å². The SMILES string of the molecule is O=C(CC1CCSCC1)NC(C(=O)O)C1CC1. The summed E-state index contributed by atoms with van der Waals surface area (Å²) in [7, 11) is 0. The maximum absolute atomic E-state index is 11.8. The van der Waals surface area contributed by atoms with Gasteiger partial charge in [0.2, 0.25) is 5.91 Å². The molecule has 1 saturated carbocycles. The molecule has 1 unspecified atom stereocenters. The lowest BCUT2D eigenvalue weighted by Crippen LogP contribution is -2.43. The zero-order valence-corrected chi connectivity index (χ0v) is 10.7. The fraction of sp³-hybridized carbons (Fsp3) is 0.833. The summed E-state index contributed by atoms with van der Waals surface area (Å²) in [6.07, 6.45) is 4.52.